The van der Waals surface area contributed by atoms with Crippen molar-refractivity contribution in [2.24, 2.45) is 0 Å². The van der Waals surface area contributed by atoms with Crippen LogP contribution in [0.1, 0.15) is 33.3 Å². The molecule has 0 aliphatic carbocycles. The average molecular weight is 362 g/mol. The number of benzene rings is 1. The molecular weight excluding hydrogens is 340 g/mol. The van der Waals surface area contributed by atoms with Crippen LogP contribution in [-0.4, -0.2) is 34.4 Å². The minimum atomic E-state index is -0.0352. The Kier molecular flexibility index (Phi) is 4.87. The second-order valence-electron chi connectivity index (χ2n) is 6.59. The maximum atomic E-state index is 12.9. The molecule has 1 amide bonds. The normalized spacial score (nSPS) is 13.3. The summed E-state index contributed by atoms with van der Waals surface area (Å²) >= 11 is 0. The summed E-state index contributed by atoms with van der Waals surface area (Å²) < 4.78 is 5.93. The van der Waals surface area contributed by atoms with E-state index in [4.69, 9.17) is 4.42 Å². The molecule has 1 aliphatic rings. The van der Waals surface area contributed by atoms with E-state index in [0.717, 1.165) is 30.2 Å². The van der Waals surface area contributed by atoms with Crippen LogP contribution in [0.3, 0.4) is 0 Å². The number of nitrogens with one attached hydrogen (secondary N) is 1. The third-order valence-electron chi connectivity index (χ3n) is 4.80. The van der Waals surface area contributed by atoms with Gasteiger partial charge in [0.25, 0.3) is 5.91 Å². The minimum absolute atomic E-state index is 0.0352. The molecule has 1 aliphatic heterocycles. The Bertz CT molecular complexity index is 936. The Balaban J connectivity index is 1.45. The zero-order valence-electron chi connectivity index (χ0n) is 15.3. The highest BCUT2D eigenvalue weighted by Gasteiger charge is 2.27. The summed E-state index contributed by atoms with van der Waals surface area (Å²) in [5.74, 6) is 2.21. The van der Waals surface area contributed by atoms with Gasteiger partial charge >= 0.3 is 0 Å². The lowest BCUT2D eigenvalue weighted by Gasteiger charge is -2.25. The first-order chi connectivity index (χ1) is 13.2. The van der Waals surface area contributed by atoms with Gasteiger partial charge in [0.1, 0.15) is 17.3 Å². The summed E-state index contributed by atoms with van der Waals surface area (Å²) in [5, 5.41) is 2.98. The molecule has 6 heteroatoms. The molecule has 0 atom stereocenters. The fourth-order valence-corrected chi connectivity index (χ4v) is 3.38. The van der Waals surface area contributed by atoms with Crippen molar-refractivity contribution in [2.75, 3.05) is 18.9 Å². The summed E-state index contributed by atoms with van der Waals surface area (Å²) in [4.78, 5) is 23.6. The van der Waals surface area contributed by atoms with Gasteiger partial charge in [0.15, 0.2) is 5.89 Å². The van der Waals surface area contributed by atoms with Crippen molar-refractivity contribution in [3.63, 3.8) is 0 Å². The van der Waals surface area contributed by atoms with Crippen molar-refractivity contribution in [2.45, 2.75) is 25.8 Å². The Labute approximate surface area is 158 Å². The number of pyridine rings is 1. The third kappa shape index (κ3) is 3.69. The van der Waals surface area contributed by atoms with Gasteiger partial charge in [0, 0.05) is 32.6 Å². The molecule has 0 unspecified atom stereocenters. The molecule has 6 nitrogen and oxygen atoms in total. The van der Waals surface area contributed by atoms with E-state index >= 15 is 0 Å². The highest BCUT2D eigenvalue weighted by molar-refractivity contribution is 5.98. The number of carbonyl (C=O) groups excluding carboxylic acids is 1. The molecule has 0 radical (unpaired) electrons. The van der Waals surface area contributed by atoms with Gasteiger partial charge in [-0.15, -0.1) is 0 Å². The van der Waals surface area contributed by atoms with E-state index < -0.39 is 0 Å². The van der Waals surface area contributed by atoms with Crippen LogP contribution in [0.4, 0.5) is 5.82 Å². The molecule has 0 spiro atoms. The van der Waals surface area contributed by atoms with Crippen molar-refractivity contribution < 1.29 is 9.21 Å². The summed E-state index contributed by atoms with van der Waals surface area (Å²) in [6.45, 7) is 1.10. The number of nitrogens with zero attached hydrogens (tertiary/aromatic N) is 3. The average Bonchev–Trinajstić information content (AvgIpc) is 3.14. The molecule has 0 saturated carbocycles. The molecule has 3 heterocycles. The summed E-state index contributed by atoms with van der Waals surface area (Å²) in [6.07, 6.45) is 4.02. The van der Waals surface area contributed by atoms with Gasteiger partial charge in [-0.25, -0.2) is 9.97 Å². The maximum absolute atomic E-state index is 12.9. The molecule has 2 aromatic heterocycles. The Morgan fingerprint density at radius 2 is 2.04 bits per heavy atom. The fourth-order valence-electron chi connectivity index (χ4n) is 3.38. The van der Waals surface area contributed by atoms with E-state index in [-0.39, 0.29) is 5.91 Å². The van der Waals surface area contributed by atoms with E-state index in [9.17, 15) is 4.79 Å². The molecule has 138 valence electrons. The van der Waals surface area contributed by atoms with Gasteiger partial charge in [-0.1, -0.05) is 30.3 Å². The molecule has 3 aromatic rings. The summed E-state index contributed by atoms with van der Waals surface area (Å²) in [5.41, 5.74) is 2.71. The van der Waals surface area contributed by atoms with Gasteiger partial charge < -0.3 is 14.6 Å². The van der Waals surface area contributed by atoms with E-state index in [0.29, 0.717) is 30.9 Å². The number of fused-ring (bicyclic) bond motifs is 1. The van der Waals surface area contributed by atoms with Gasteiger partial charge in [-0.05, 0) is 24.1 Å². The standard InChI is InChI=1S/C21H22N4O2/c1-22-20-16(8-5-12-23-20)21(26)25-13-11-18-17(14-25)24-19(27-18)10-9-15-6-3-2-4-7-15/h2-8,12H,9-11,13-14H2,1H3,(H,22,23). The number of hydrogen-bond donors (Lipinski definition) is 1. The molecule has 1 N–H and O–H groups in total. The lowest BCUT2D eigenvalue weighted by Crippen LogP contribution is -2.36. The topological polar surface area (TPSA) is 71.3 Å². The third-order valence-corrected chi connectivity index (χ3v) is 4.80. The van der Waals surface area contributed by atoms with Crippen LogP contribution in [0.15, 0.2) is 53.1 Å². The van der Waals surface area contributed by atoms with Crippen LogP contribution in [0.5, 0.6) is 0 Å². The van der Waals surface area contributed by atoms with Crippen LogP contribution in [-0.2, 0) is 25.8 Å². The molecular formula is C21H22N4O2. The van der Waals surface area contributed by atoms with Gasteiger partial charge in [0.2, 0.25) is 0 Å². The lowest BCUT2D eigenvalue weighted by atomic mass is 10.1. The number of carbonyl (C=O) groups is 1. The SMILES string of the molecule is CNc1ncccc1C(=O)N1CCc2oc(CCc3ccccc3)nc2C1. The molecule has 1 aromatic carbocycles. The number of aryl methyl sites for hydroxylation is 2. The number of rotatable bonds is 5. The van der Waals surface area contributed by atoms with Crippen LogP contribution in [0.25, 0.3) is 0 Å². The van der Waals surface area contributed by atoms with Crippen molar-refractivity contribution in [3.05, 3.63) is 77.1 Å². The largest absolute Gasteiger partial charge is 0.445 e. The van der Waals surface area contributed by atoms with Crippen molar-refractivity contribution in [3.8, 4) is 0 Å². The Hall–Kier alpha value is -3.15. The zero-order chi connectivity index (χ0) is 18.6. The predicted octanol–water partition coefficient (Wildman–Crippen LogP) is 3.10. The molecule has 0 bridgehead atoms. The van der Waals surface area contributed by atoms with Gasteiger partial charge in [0.05, 0.1) is 12.1 Å². The van der Waals surface area contributed by atoms with Crippen LogP contribution in [0, 0.1) is 0 Å². The second kappa shape index (κ2) is 7.61. The Morgan fingerprint density at radius 1 is 1.19 bits per heavy atom. The molecule has 27 heavy (non-hydrogen) atoms. The number of amides is 1. The predicted molar refractivity (Wildman–Crippen MR) is 103 cm³/mol. The number of hydrogen-bond acceptors (Lipinski definition) is 5. The van der Waals surface area contributed by atoms with Crippen molar-refractivity contribution >= 4 is 11.7 Å². The zero-order valence-corrected chi connectivity index (χ0v) is 15.3. The number of oxazole rings is 1. The van der Waals surface area contributed by atoms with E-state index in [2.05, 4.69) is 27.4 Å². The highest BCUT2D eigenvalue weighted by Crippen LogP contribution is 2.23. The highest BCUT2D eigenvalue weighted by atomic mass is 16.4. The van der Waals surface area contributed by atoms with Gasteiger partial charge in [-0.2, -0.15) is 0 Å². The first-order valence-corrected chi connectivity index (χ1v) is 9.18. The summed E-state index contributed by atoms with van der Waals surface area (Å²) in [6, 6.07) is 13.9. The monoisotopic (exact) mass is 362 g/mol. The first kappa shape index (κ1) is 17.3. The lowest BCUT2D eigenvalue weighted by molar-refractivity contribution is 0.0728. The minimum Gasteiger partial charge on any atom is -0.445 e. The van der Waals surface area contributed by atoms with Crippen LogP contribution in [0.2, 0.25) is 0 Å². The first-order valence-electron chi connectivity index (χ1n) is 9.18. The number of aromatic nitrogens is 2. The number of anilines is 1. The second-order valence-corrected chi connectivity index (χ2v) is 6.59. The maximum Gasteiger partial charge on any atom is 0.257 e. The van der Waals surface area contributed by atoms with Crippen molar-refractivity contribution in [1.82, 2.24) is 14.9 Å². The molecule has 0 saturated heterocycles. The van der Waals surface area contributed by atoms with Crippen LogP contribution < -0.4 is 5.32 Å². The van der Waals surface area contributed by atoms with E-state index in [1.54, 1.807) is 25.4 Å². The smallest absolute Gasteiger partial charge is 0.257 e. The van der Waals surface area contributed by atoms with Crippen molar-refractivity contribution in [1.29, 1.82) is 0 Å². The van der Waals surface area contributed by atoms with E-state index in [1.807, 2.05) is 23.1 Å². The molecule has 0 fully saturated rings. The van der Waals surface area contributed by atoms with Crippen LogP contribution >= 0.6 is 0 Å². The molecule has 4 rings (SSSR count). The summed E-state index contributed by atoms with van der Waals surface area (Å²) in [7, 11) is 1.77. The fraction of sp³-hybridized carbons (Fsp3) is 0.286. The van der Waals surface area contributed by atoms with E-state index in [1.165, 1.54) is 5.56 Å². The Morgan fingerprint density at radius 3 is 2.85 bits per heavy atom. The quantitative estimate of drug-likeness (QED) is 0.755. The van der Waals surface area contributed by atoms with Gasteiger partial charge in [-0.3, -0.25) is 4.79 Å².